The van der Waals surface area contributed by atoms with E-state index in [1.807, 2.05) is 0 Å². The van der Waals surface area contributed by atoms with Crippen molar-refractivity contribution in [3.05, 3.63) is 29.3 Å². The summed E-state index contributed by atoms with van der Waals surface area (Å²) in [5.74, 6) is 0. The predicted molar refractivity (Wildman–Crippen MR) is 49.3 cm³/mol. The Labute approximate surface area is 88.4 Å². The van der Waals surface area contributed by atoms with Gasteiger partial charge in [0.05, 0.1) is 0 Å². The molecule has 1 rings (SSSR count). The van der Waals surface area contributed by atoms with E-state index in [1.54, 1.807) is 24.3 Å². The molecule has 0 radical (unpaired) electrons. The molecule has 14 heavy (non-hydrogen) atoms. The van der Waals surface area contributed by atoms with Crippen LogP contribution >= 0.6 is 23.6 Å². The van der Waals surface area contributed by atoms with Crippen molar-refractivity contribution in [2.24, 2.45) is 0 Å². The van der Waals surface area contributed by atoms with Gasteiger partial charge in [0.2, 0.25) is 0 Å². The highest BCUT2D eigenvalue weighted by Gasteiger charge is 2.27. The lowest BCUT2D eigenvalue weighted by atomic mass is 10.4. The Morgan fingerprint density at radius 3 is 2.29 bits per heavy atom. The highest BCUT2D eigenvalue weighted by Crippen LogP contribution is 2.24. The van der Waals surface area contributed by atoms with Gasteiger partial charge in [0.1, 0.15) is 0 Å². The molecule has 0 amide bonds. The number of halogens is 4. The van der Waals surface area contributed by atoms with Gasteiger partial charge < -0.3 is 4.18 Å². The highest BCUT2D eigenvalue weighted by molar-refractivity contribution is 7.94. The molecular formula is C8H6ClF3OS. The zero-order valence-corrected chi connectivity index (χ0v) is 8.42. The molecule has 0 heterocycles. The van der Waals surface area contributed by atoms with Crippen LogP contribution in [0.5, 0.6) is 0 Å². The van der Waals surface area contributed by atoms with Crippen LogP contribution in [-0.2, 0) is 4.18 Å². The zero-order chi connectivity index (χ0) is 10.6. The van der Waals surface area contributed by atoms with Crippen molar-refractivity contribution in [1.29, 1.82) is 0 Å². The van der Waals surface area contributed by atoms with E-state index in [9.17, 15) is 13.2 Å². The standard InChI is InChI=1S/C8H6ClF3OS/c9-6-1-3-7(4-2-6)14-13-5-8(10,11)12/h1-4H,5H2. The van der Waals surface area contributed by atoms with Gasteiger partial charge in [0, 0.05) is 22.0 Å². The van der Waals surface area contributed by atoms with Crippen LogP contribution in [-0.4, -0.2) is 12.8 Å². The number of hydrogen-bond donors (Lipinski definition) is 0. The van der Waals surface area contributed by atoms with E-state index in [4.69, 9.17) is 11.6 Å². The van der Waals surface area contributed by atoms with Crippen LogP contribution in [0, 0.1) is 0 Å². The van der Waals surface area contributed by atoms with Crippen LogP contribution in [0.3, 0.4) is 0 Å². The summed E-state index contributed by atoms with van der Waals surface area (Å²) in [6.45, 7) is -1.26. The molecule has 1 nitrogen and oxygen atoms in total. The van der Waals surface area contributed by atoms with Gasteiger partial charge in [-0.3, -0.25) is 0 Å². The van der Waals surface area contributed by atoms with E-state index in [0.717, 1.165) is 0 Å². The summed E-state index contributed by atoms with van der Waals surface area (Å²) in [6.07, 6.45) is -4.29. The summed E-state index contributed by atoms with van der Waals surface area (Å²) in [4.78, 5) is 0.582. The molecular weight excluding hydrogens is 237 g/mol. The van der Waals surface area contributed by atoms with Crippen LogP contribution in [0.15, 0.2) is 29.2 Å². The van der Waals surface area contributed by atoms with E-state index in [2.05, 4.69) is 4.18 Å². The zero-order valence-electron chi connectivity index (χ0n) is 6.84. The third kappa shape index (κ3) is 4.74. The highest BCUT2D eigenvalue weighted by atomic mass is 35.5. The van der Waals surface area contributed by atoms with E-state index < -0.39 is 12.8 Å². The summed E-state index contributed by atoms with van der Waals surface area (Å²) in [7, 11) is 0. The number of hydrogen-bond acceptors (Lipinski definition) is 2. The maximum absolute atomic E-state index is 11.7. The van der Waals surface area contributed by atoms with Gasteiger partial charge in [-0.05, 0) is 24.3 Å². The van der Waals surface area contributed by atoms with Crippen molar-refractivity contribution in [2.45, 2.75) is 11.1 Å². The molecule has 0 aromatic heterocycles. The van der Waals surface area contributed by atoms with Crippen molar-refractivity contribution >= 4 is 23.6 Å². The second-order valence-electron chi connectivity index (χ2n) is 2.41. The molecule has 0 unspecified atom stereocenters. The van der Waals surface area contributed by atoms with Crippen molar-refractivity contribution in [3.63, 3.8) is 0 Å². The van der Waals surface area contributed by atoms with Crippen LogP contribution in [0.1, 0.15) is 0 Å². The number of alkyl halides is 3. The summed E-state index contributed by atoms with van der Waals surface area (Å²) < 4.78 is 39.4. The molecule has 6 heteroatoms. The first kappa shape index (κ1) is 11.7. The first-order valence-electron chi connectivity index (χ1n) is 3.59. The van der Waals surface area contributed by atoms with Crippen LogP contribution in [0.25, 0.3) is 0 Å². The number of benzene rings is 1. The Kier molecular flexibility index (Phi) is 4.10. The van der Waals surface area contributed by atoms with Crippen molar-refractivity contribution in [3.8, 4) is 0 Å². The molecule has 0 saturated carbocycles. The molecule has 0 aliphatic carbocycles. The Balaban J connectivity index is 2.35. The lowest BCUT2D eigenvalue weighted by Crippen LogP contribution is -2.14. The normalized spacial score (nSPS) is 11.7. The third-order valence-electron chi connectivity index (χ3n) is 1.19. The second kappa shape index (κ2) is 4.91. The van der Waals surface area contributed by atoms with Crippen LogP contribution in [0.2, 0.25) is 5.02 Å². The maximum Gasteiger partial charge on any atom is 0.413 e. The van der Waals surface area contributed by atoms with Crippen molar-refractivity contribution in [1.82, 2.24) is 0 Å². The lowest BCUT2D eigenvalue weighted by molar-refractivity contribution is -0.150. The van der Waals surface area contributed by atoms with Crippen LogP contribution < -0.4 is 0 Å². The topological polar surface area (TPSA) is 9.23 Å². The molecule has 0 N–H and O–H groups in total. The molecule has 0 spiro atoms. The Morgan fingerprint density at radius 1 is 1.21 bits per heavy atom. The minimum Gasteiger partial charge on any atom is -0.301 e. The fourth-order valence-electron chi connectivity index (χ4n) is 0.654. The first-order valence-corrected chi connectivity index (χ1v) is 4.71. The minimum absolute atomic E-state index is 0.533. The van der Waals surface area contributed by atoms with Gasteiger partial charge in [-0.15, -0.1) is 0 Å². The molecule has 0 atom stereocenters. The summed E-state index contributed by atoms with van der Waals surface area (Å²) in [5.41, 5.74) is 0. The first-order chi connectivity index (χ1) is 6.47. The van der Waals surface area contributed by atoms with Gasteiger partial charge in [0.25, 0.3) is 0 Å². The third-order valence-corrected chi connectivity index (χ3v) is 2.14. The summed E-state index contributed by atoms with van der Waals surface area (Å²) in [6, 6.07) is 6.34. The average molecular weight is 243 g/mol. The van der Waals surface area contributed by atoms with E-state index in [0.29, 0.717) is 22.0 Å². The fourth-order valence-corrected chi connectivity index (χ4v) is 1.36. The van der Waals surface area contributed by atoms with Gasteiger partial charge in [-0.1, -0.05) is 11.6 Å². The molecule has 1 aromatic carbocycles. The molecule has 0 bridgehead atoms. The molecule has 1 aromatic rings. The molecule has 0 aliphatic rings. The van der Waals surface area contributed by atoms with E-state index in [-0.39, 0.29) is 0 Å². The Bertz CT molecular complexity index is 286. The van der Waals surface area contributed by atoms with Gasteiger partial charge in [-0.25, -0.2) is 0 Å². The van der Waals surface area contributed by atoms with Gasteiger partial charge in [0.15, 0.2) is 6.61 Å². The Morgan fingerprint density at radius 2 is 1.79 bits per heavy atom. The van der Waals surface area contributed by atoms with Crippen molar-refractivity contribution < 1.29 is 17.4 Å². The average Bonchev–Trinajstić information content (AvgIpc) is 2.06. The monoisotopic (exact) mass is 242 g/mol. The van der Waals surface area contributed by atoms with E-state index in [1.165, 1.54) is 0 Å². The molecule has 0 fully saturated rings. The van der Waals surface area contributed by atoms with Crippen molar-refractivity contribution in [2.75, 3.05) is 6.61 Å². The quantitative estimate of drug-likeness (QED) is 0.743. The van der Waals surface area contributed by atoms with Gasteiger partial charge >= 0.3 is 6.18 Å². The fraction of sp³-hybridized carbons (Fsp3) is 0.250. The lowest BCUT2D eigenvalue weighted by Gasteiger charge is -2.05. The van der Waals surface area contributed by atoms with Crippen LogP contribution in [0.4, 0.5) is 13.2 Å². The SMILES string of the molecule is FC(F)(F)COSc1ccc(Cl)cc1. The van der Waals surface area contributed by atoms with Gasteiger partial charge in [-0.2, -0.15) is 13.2 Å². The second-order valence-corrected chi connectivity index (χ2v) is 3.72. The predicted octanol–water partition coefficient (Wildman–Crippen LogP) is 3.93. The Hall–Kier alpha value is -0.390. The minimum atomic E-state index is -4.29. The number of rotatable bonds is 3. The largest absolute Gasteiger partial charge is 0.413 e. The smallest absolute Gasteiger partial charge is 0.301 e. The molecule has 0 saturated heterocycles. The summed E-state index contributed by atoms with van der Waals surface area (Å²) in [5, 5.41) is 0.533. The maximum atomic E-state index is 11.7. The molecule has 78 valence electrons. The summed E-state index contributed by atoms with van der Waals surface area (Å²) >= 11 is 6.27. The molecule has 0 aliphatic heterocycles. The van der Waals surface area contributed by atoms with E-state index >= 15 is 0 Å².